The Balaban J connectivity index is 1.63. The van der Waals surface area contributed by atoms with Crippen molar-refractivity contribution in [1.29, 1.82) is 0 Å². The molecule has 1 fully saturated rings. The highest BCUT2D eigenvalue weighted by Gasteiger charge is 2.49. The van der Waals surface area contributed by atoms with Gasteiger partial charge in [-0.3, -0.25) is 14.5 Å². The molecule has 1 aliphatic carbocycles. The Morgan fingerprint density at radius 3 is 2.52 bits per heavy atom. The van der Waals surface area contributed by atoms with Gasteiger partial charge in [-0.05, 0) is 62.1 Å². The normalized spacial score (nSPS) is 20.8. The first kappa shape index (κ1) is 21.6. The number of carbonyl (C=O) groups excluding carboxylic acids is 2. The number of nitrogens with one attached hydrogen (secondary N) is 1. The molecular formula is C27H31N3O3. The van der Waals surface area contributed by atoms with Gasteiger partial charge < -0.3 is 14.6 Å². The van der Waals surface area contributed by atoms with Gasteiger partial charge >= 0.3 is 0 Å². The largest absolute Gasteiger partial charge is 0.497 e. The van der Waals surface area contributed by atoms with Crippen LogP contribution in [0.2, 0.25) is 0 Å². The first-order valence-corrected chi connectivity index (χ1v) is 11.9. The van der Waals surface area contributed by atoms with Gasteiger partial charge in [0.25, 0.3) is 5.91 Å². The number of hydrogen-bond donors (Lipinski definition) is 1. The summed E-state index contributed by atoms with van der Waals surface area (Å²) in [6, 6.07) is 15.9. The number of nitrogens with zero attached hydrogens (tertiary/aromatic N) is 2. The second-order valence-corrected chi connectivity index (χ2v) is 9.43. The third kappa shape index (κ3) is 3.58. The van der Waals surface area contributed by atoms with Crippen LogP contribution in [0.1, 0.15) is 55.6 Å². The highest BCUT2D eigenvalue weighted by Crippen LogP contribution is 2.37. The Bertz CT molecular complexity index is 1210. The molecule has 0 radical (unpaired) electrons. The number of ether oxygens (including phenoxy) is 1. The number of hydrogen-bond acceptors (Lipinski definition) is 3. The van der Waals surface area contributed by atoms with Crippen LogP contribution in [0.25, 0.3) is 10.9 Å². The summed E-state index contributed by atoms with van der Waals surface area (Å²) >= 11 is 0. The molecule has 2 aliphatic rings. The quantitative estimate of drug-likeness (QED) is 0.620. The molecule has 172 valence electrons. The fourth-order valence-electron chi connectivity index (χ4n) is 5.29. The van der Waals surface area contributed by atoms with Gasteiger partial charge in [-0.15, -0.1) is 0 Å². The van der Waals surface area contributed by atoms with Gasteiger partial charge in [-0.2, -0.15) is 0 Å². The maximum Gasteiger partial charge on any atom is 0.275 e. The summed E-state index contributed by atoms with van der Waals surface area (Å²) in [5.74, 6) is 0.466. The van der Waals surface area contributed by atoms with Crippen LogP contribution in [0.15, 0.2) is 48.5 Å². The fraction of sp³-hybridized carbons (Fsp3) is 0.407. The zero-order valence-corrected chi connectivity index (χ0v) is 19.6. The van der Waals surface area contributed by atoms with E-state index in [2.05, 4.69) is 12.2 Å². The molecule has 0 unspecified atom stereocenters. The summed E-state index contributed by atoms with van der Waals surface area (Å²) in [5.41, 5.74) is 2.37. The minimum absolute atomic E-state index is 0.0993. The molecule has 5 rings (SSSR count). The number of methoxy groups -OCH3 is 1. The maximum atomic E-state index is 13.9. The standard InChI is InChI=1S/C27H31N3O3/c1-4-18-9-12-21(13-10-18)30-25(31)24-15-19-11-14-22(33-3)16-23(19)29(24)17-27(30,2)26(32)28-20-7-5-6-8-20/h9-16,20H,4-8,17H2,1-3H3,(H,28,32)/t27-/m0/s1. The van der Waals surface area contributed by atoms with Crippen molar-refractivity contribution >= 4 is 28.4 Å². The number of carbonyl (C=O) groups is 2. The minimum Gasteiger partial charge on any atom is -0.497 e. The molecule has 0 bridgehead atoms. The summed E-state index contributed by atoms with van der Waals surface area (Å²) in [4.78, 5) is 29.4. The van der Waals surface area contributed by atoms with Gasteiger partial charge in [0, 0.05) is 23.2 Å². The van der Waals surface area contributed by atoms with Crippen molar-refractivity contribution in [2.24, 2.45) is 0 Å². The van der Waals surface area contributed by atoms with Crippen LogP contribution in [-0.4, -0.2) is 35.1 Å². The van der Waals surface area contributed by atoms with Crippen LogP contribution in [0.3, 0.4) is 0 Å². The minimum atomic E-state index is -1.06. The molecule has 6 nitrogen and oxygen atoms in total. The van der Waals surface area contributed by atoms with Gasteiger partial charge in [-0.25, -0.2) is 0 Å². The summed E-state index contributed by atoms with van der Waals surface area (Å²) < 4.78 is 7.40. The zero-order valence-electron chi connectivity index (χ0n) is 19.6. The number of rotatable bonds is 5. The van der Waals surface area contributed by atoms with Gasteiger partial charge in [-0.1, -0.05) is 31.9 Å². The van der Waals surface area contributed by atoms with Gasteiger partial charge in [0.2, 0.25) is 5.91 Å². The van der Waals surface area contributed by atoms with E-state index >= 15 is 0 Å². The molecule has 1 atom stereocenters. The number of aryl methyl sites for hydroxylation is 1. The van der Waals surface area contributed by atoms with Crippen LogP contribution in [0.5, 0.6) is 5.75 Å². The van der Waals surface area contributed by atoms with E-state index in [0.29, 0.717) is 12.2 Å². The average molecular weight is 446 g/mol. The second-order valence-electron chi connectivity index (χ2n) is 9.43. The molecule has 1 aromatic heterocycles. The summed E-state index contributed by atoms with van der Waals surface area (Å²) in [5, 5.41) is 4.21. The van der Waals surface area contributed by atoms with Crippen LogP contribution < -0.4 is 15.0 Å². The molecular weight excluding hydrogens is 414 g/mol. The monoisotopic (exact) mass is 445 g/mol. The predicted octanol–water partition coefficient (Wildman–Crippen LogP) is 4.69. The highest BCUT2D eigenvalue weighted by atomic mass is 16.5. The van der Waals surface area contributed by atoms with Crippen molar-refractivity contribution in [3.05, 3.63) is 59.8 Å². The Hall–Kier alpha value is -3.28. The Labute approximate surface area is 194 Å². The Morgan fingerprint density at radius 2 is 1.85 bits per heavy atom. The van der Waals surface area contributed by atoms with E-state index in [1.165, 1.54) is 5.56 Å². The summed E-state index contributed by atoms with van der Waals surface area (Å²) in [7, 11) is 1.63. The van der Waals surface area contributed by atoms with E-state index in [-0.39, 0.29) is 17.9 Å². The third-order valence-corrected chi connectivity index (χ3v) is 7.28. The summed E-state index contributed by atoms with van der Waals surface area (Å²) in [6.45, 7) is 4.36. The topological polar surface area (TPSA) is 63.6 Å². The molecule has 1 saturated carbocycles. The number of benzene rings is 2. The van der Waals surface area contributed by atoms with E-state index in [0.717, 1.165) is 54.4 Å². The van der Waals surface area contributed by atoms with Crippen molar-refractivity contribution < 1.29 is 14.3 Å². The highest BCUT2D eigenvalue weighted by molar-refractivity contribution is 6.14. The number of fused-ring (bicyclic) bond motifs is 3. The van der Waals surface area contributed by atoms with Crippen molar-refractivity contribution in [1.82, 2.24) is 9.88 Å². The predicted molar refractivity (Wildman–Crippen MR) is 130 cm³/mol. The molecule has 2 aromatic carbocycles. The lowest BCUT2D eigenvalue weighted by Gasteiger charge is -2.44. The van der Waals surface area contributed by atoms with Crippen LogP contribution in [0.4, 0.5) is 5.69 Å². The van der Waals surface area contributed by atoms with Gasteiger partial charge in [0.15, 0.2) is 0 Å². The number of amides is 2. The van der Waals surface area contributed by atoms with Crippen molar-refractivity contribution in [2.75, 3.05) is 12.0 Å². The Kier molecular flexibility index (Phi) is 5.39. The van der Waals surface area contributed by atoms with E-state index in [1.807, 2.05) is 60.0 Å². The molecule has 1 N–H and O–H groups in total. The van der Waals surface area contributed by atoms with Crippen molar-refractivity contribution in [3.8, 4) is 5.75 Å². The lowest BCUT2D eigenvalue weighted by molar-refractivity contribution is -0.127. The van der Waals surface area contributed by atoms with Crippen LogP contribution in [-0.2, 0) is 17.8 Å². The molecule has 3 aromatic rings. The van der Waals surface area contributed by atoms with E-state index in [1.54, 1.807) is 12.0 Å². The lowest BCUT2D eigenvalue weighted by Crippen LogP contribution is -2.65. The van der Waals surface area contributed by atoms with Crippen LogP contribution >= 0.6 is 0 Å². The third-order valence-electron chi connectivity index (χ3n) is 7.28. The molecule has 0 saturated heterocycles. The first-order chi connectivity index (χ1) is 15.9. The van der Waals surface area contributed by atoms with Crippen LogP contribution in [0, 0.1) is 0 Å². The molecule has 6 heteroatoms. The van der Waals surface area contributed by atoms with Crippen molar-refractivity contribution in [3.63, 3.8) is 0 Å². The Morgan fingerprint density at radius 1 is 1.12 bits per heavy atom. The van der Waals surface area contributed by atoms with Gasteiger partial charge in [0.1, 0.15) is 17.0 Å². The van der Waals surface area contributed by atoms with E-state index in [9.17, 15) is 9.59 Å². The molecule has 2 amide bonds. The fourth-order valence-corrected chi connectivity index (χ4v) is 5.29. The summed E-state index contributed by atoms with van der Waals surface area (Å²) in [6.07, 6.45) is 5.18. The molecule has 33 heavy (non-hydrogen) atoms. The first-order valence-electron chi connectivity index (χ1n) is 11.9. The molecule has 2 heterocycles. The molecule has 1 aliphatic heterocycles. The number of anilines is 1. The smallest absolute Gasteiger partial charge is 0.275 e. The van der Waals surface area contributed by atoms with E-state index < -0.39 is 5.54 Å². The maximum absolute atomic E-state index is 13.9. The lowest BCUT2D eigenvalue weighted by atomic mass is 9.93. The number of aromatic nitrogens is 1. The SMILES string of the molecule is CCc1ccc(N2C(=O)c3cc4ccc(OC)cc4n3C[C@@]2(C)C(=O)NC2CCCC2)cc1. The van der Waals surface area contributed by atoms with E-state index in [4.69, 9.17) is 4.74 Å². The van der Waals surface area contributed by atoms with Crippen molar-refractivity contribution in [2.45, 2.75) is 64.1 Å². The van der Waals surface area contributed by atoms with Gasteiger partial charge in [0.05, 0.1) is 19.2 Å². The zero-order chi connectivity index (χ0) is 23.2. The average Bonchev–Trinajstić information content (AvgIpc) is 3.47. The second kappa shape index (κ2) is 8.25. The molecule has 0 spiro atoms.